The highest BCUT2D eigenvalue weighted by Gasteiger charge is 2.27. The fourth-order valence-corrected chi connectivity index (χ4v) is 3.36. The van der Waals surface area contributed by atoms with Gasteiger partial charge in [-0.3, -0.25) is 4.79 Å². The van der Waals surface area contributed by atoms with E-state index in [2.05, 4.69) is 23.1 Å². The van der Waals surface area contributed by atoms with Crippen molar-refractivity contribution in [3.63, 3.8) is 0 Å². The summed E-state index contributed by atoms with van der Waals surface area (Å²) in [6.45, 7) is 4.33. The summed E-state index contributed by atoms with van der Waals surface area (Å²) in [5, 5.41) is 11.1. The fourth-order valence-electron chi connectivity index (χ4n) is 3.36. The summed E-state index contributed by atoms with van der Waals surface area (Å²) in [7, 11) is 0. The number of carbonyl (C=O) groups is 1. The van der Waals surface area contributed by atoms with Crippen LogP contribution in [0.1, 0.15) is 31.7 Å². The SMILES string of the molecule is CC(O)(CCN1CCC(=O)CC1)c1ccccc1-c1ccccc1. The van der Waals surface area contributed by atoms with E-state index in [1.807, 2.05) is 43.3 Å². The first-order valence-corrected chi connectivity index (χ1v) is 8.68. The second-order valence-electron chi connectivity index (χ2n) is 6.82. The number of hydrogen-bond donors (Lipinski definition) is 1. The zero-order chi connectivity index (χ0) is 17.0. The van der Waals surface area contributed by atoms with Gasteiger partial charge in [0.15, 0.2) is 0 Å². The van der Waals surface area contributed by atoms with E-state index in [0.29, 0.717) is 25.0 Å². The highest BCUT2D eigenvalue weighted by atomic mass is 16.3. The Kier molecular flexibility index (Phi) is 5.12. The van der Waals surface area contributed by atoms with Crippen molar-refractivity contribution < 1.29 is 9.90 Å². The summed E-state index contributed by atoms with van der Waals surface area (Å²) in [5.74, 6) is 0.354. The molecule has 126 valence electrons. The molecule has 0 aromatic heterocycles. The van der Waals surface area contributed by atoms with E-state index in [0.717, 1.165) is 36.3 Å². The predicted molar refractivity (Wildman–Crippen MR) is 96.7 cm³/mol. The van der Waals surface area contributed by atoms with Gasteiger partial charge in [0.2, 0.25) is 0 Å². The Bertz CT molecular complexity index is 684. The molecular formula is C21H25NO2. The summed E-state index contributed by atoms with van der Waals surface area (Å²) < 4.78 is 0. The van der Waals surface area contributed by atoms with Crippen molar-refractivity contribution in [2.75, 3.05) is 19.6 Å². The van der Waals surface area contributed by atoms with Crippen LogP contribution in [0.4, 0.5) is 0 Å². The molecule has 1 N–H and O–H groups in total. The van der Waals surface area contributed by atoms with Crippen molar-refractivity contribution in [1.29, 1.82) is 0 Å². The second-order valence-corrected chi connectivity index (χ2v) is 6.82. The molecule has 0 radical (unpaired) electrons. The largest absolute Gasteiger partial charge is 0.385 e. The first-order chi connectivity index (χ1) is 11.6. The molecule has 3 heteroatoms. The molecule has 1 aliphatic rings. The molecule has 0 amide bonds. The van der Waals surface area contributed by atoms with Gasteiger partial charge >= 0.3 is 0 Å². The fraction of sp³-hybridized carbons (Fsp3) is 0.381. The molecule has 0 bridgehead atoms. The van der Waals surface area contributed by atoms with E-state index in [9.17, 15) is 9.90 Å². The molecule has 1 atom stereocenters. The third-order valence-corrected chi connectivity index (χ3v) is 4.92. The van der Waals surface area contributed by atoms with Gasteiger partial charge in [0.05, 0.1) is 5.60 Å². The van der Waals surface area contributed by atoms with Crippen LogP contribution in [0.5, 0.6) is 0 Å². The highest BCUT2D eigenvalue weighted by molar-refractivity contribution is 5.79. The summed E-state index contributed by atoms with van der Waals surface area (Å²) >= 11 is 0. The molecule has 3 nitrogen and oxygen atoms in total. The zero-order valence-electron chi connectivity index (χ0n) is 14.2. The number of nitrogens with zero attached hydrogens (tertiary/aromatic N) is 1. The lowest BCUT2D eigenvalue weighted by atomic mass is 9.86. The van der Waals surface area contributed by atoms with Crippen molar-refractivity contribution >= 4 is 5.78 Å². The Morgan fingerprint density at radius 2 is 1.62 bits per heavy atom. The van der Waals surface area contributed by atoms with Crippen molar-refractivity contribution in [3.05, 3.63) is 60.2 Å². The van der Waals surface area contributed by atoms with E-state index in [-0.39, 0.29) is 0 Å². The molecule has 1 fully saturated rings. The Balaban J connectivity index is 1.76. The number of ketones is 1. The Labute approximate surface area is 143 Å². The maximum Gasteiger partial charge on any atom is 0.135 e. The van der Waals surface area contributed by atoms with E-state index < -0.39 is 5.60 Å². The van der Waals surface area contributed by atoms with Gasteiger partial charge in [-0.1, -0.05) is 54.6 Å². The Morgan fingerprint density at radius 1 is 1.00 bits per heavy atom. The summed E-state index contributed by atoms with van der Waals surface area (Å²) in [6.07, 6.45) is 1.94. The maximum atomic E-state index is 11.4. The molecule has 1 saturated heterocycles. The van der Waals surface area contributed by atoms with Crippen molar-refractivity contribution in [2.45, 2.75) is 31.8 Å². The minimum absolute atomic E-state index is 0.354. The summed E-state index contributed by atoms with van der Waals surface area (Å²) in [4.78, 5) is 13.6. The van der Waals surface area contributed by atoms with Gasteiger partial charge in [-0.05, 0) is 30.0 Å². The van der Waals surface area contributed by atoms with Crippen LogP contribution in [0.15, 0.2) is 54.6 Å². The average Bonchev–Trinajstić information content (AvgIpc) is 2.62. The van der Waals surface area contributed by atoms with Crippen LogP contribution in [0.2, 0.25) is 0 Å². The van der Waals surface area contributed by atoms with Crippen molar-refractivity contribution in [3.8, 4) is 11.1 Å². The van der Waals surface area contributed by atoms with Crippen molar-refractivity contribution in [2.24, 2.45) is 0 Å². The average molecular weight is 323 g/mol. The van der Waals surface area contributed by atoms with Crippen LogP contribution < -0.4 is 0 Å². The van der Waals surface area contributed by atoms with Gasteiger partial charge in [0.1, 0.15) is 5.78 Å². The van der Waals surface area contributed by atoms with Gasteiger partial charge in [0, 0.05) is 32.5 Å². The number of benzene rings is 2. The molecule has 0 spiro atoms. The number of aliphatic hydroxyl groups is 1. The third-order valence-electron chi connectivity index (χ3n) is 4.92. The number of rotatable bonds is 5. The number of likely N-dealkylation sites (tertiary alicyclic amines) is 1. The van der Waals surface area contributed by atoms with Crippen LogP contribution >= 0.6 is 0 Å². The van der Waals surface area contributed by atoms with Crippen LogP contribution in [0, 0.1) is 0 Å². The Hall–Kier alpha value is -1.97. The van der Waals surface area contributed by atoms with E-state index in [4.69, 9.17) is 0 Å². The van der Waals surface area contributed by atoms with E-state index in [1.54, 1.807) is 0 Å². The number of carbonyl (C=O) groups excluding carboxylic acids is 1. The first kappa shape index (κ1) is 16.9. The Morgan fingerprint density at radius 3 is 2.33 bits per heavy atom. The van der Waals surface area contributed by atoms with Crippen molar-refractivity contribution in [1.82, 2.24) is 4.90 Å². The predicted octanol–water partition coefficient (Wildman–Crippen LogP) is 3.62. The van der Waals surface area contributed by atoms with Gasteiger partial charge in [0.25, 0.3) is 0 Å². The third kappa shape index (κ3) is 3.92. The van der Waals surface area contributed by atoms with Crippen LogP contribution in [-0.2, 0) is 10.4 Å². The lowest BCUT2D eigenvalue weighted by Gasteiger charge is -2.31. The molecule has 1 unspecified atom stereocenters. The number of Topliss-reactive ketones (excluding diaryl/α,β-unsaturated/α-hetero) is 1. The number of hydrogen-bond acceptors (Lipinski definition) is 3. The van der Waals surface area contributed by atoms with Gasteiger partial charge in [-0.15, -0.1) is 0 Å². The standard InChI is InChI=1S/C21H25NO2/c1-21(24,13-16-22-14-11-18(23)12-15-22)20-10-6-5-9-19(20)17-7-3-2-4-8-17/h2-10,24H,11-16H2,1H3. The monoisotopic (exact) mass is 323 g/mol. The smallest absolute Gasteiger partial charge is 0.135 e. The summed E-state index contributed by atoms with van der Waals surface area (Å²) in [6, 6.07) is 18.3. The van der Waals surface area contributed by atoms with Crippen LogP contribution in [0.3, 0.4) is 0 Å². The normalized spacial score (nSPS) is 18.3. The molecule has 24 heavy (non-hydrogen) atoms. The van der Waals surface area contributed by atoms with Gasteiger partial charge in [-0.25, -0.2) is 0 Å². The number of piperidine rings is 1. The molecule has 2 aromatic rings. The highest BCUT2D eigenvalue weighted by Crippen LogP contribution is 2.34. The molecule has 0 aliphatic carbocycles. The molecule has 1 aliphatic heterocycles. The minimum atomic E-state index is -0.895. The molecule has 1 heterocycles. The van der Waals surface area contributed by atoms with Gasteiger partial charge < -0.3 is 10.0 Å². The molecule has 2 aromatic carbocycles. The quantitative estimate of drug-likeness (QED) is 0.914. The second kappa shape index (κ2) is 7.29. The van der Waals surface area contributed by atoms with Crippen LogP contribution in [-0.4, -0.2) is 35.4 Å². The van der Waals surface area contributed by atoms with Crippen LogP contribution in [0.25, 0.3) is 11.1 Å². The lowest BCUT2D eigenvalue weighted by molar-refractivity contribution is -0.121. The zero-order valence-corrected chi connectivity index (χ0v) is 14.2. The van der Waals surface area contributed by atoms with Gasteiger partial charge in [-0.2, -0.15) is 0 Å². The first-order valence-electron chi connectivity index (χ1n) is 8.68. The lowest BCUT2D eigenvalue weighted by Crippen LogP contribution is -2.37. The minimum Gasteiger partial charge on any atom is -0.385 e. The maximum absolute atomic E-state index is 11.4. The molecule has 0 saturated carbocycles. The molecular weight excluding hydrogens is 298 g/mol. The van der Waals surface area contributed by atoms with E-state index in [1.165, 1.54) is 0 Å². The molecule has 3 rings (SSSR count). The topological polar surface area (TPSA) is 40.5 Å². The van der Waals surface area contributed by atoms with E-state index >= 15 is 0 Å². The summed E-state index contributed by atoms with van der Waals surface area (Å²) in [5.41, 5.74) is 2.27.